The predicted molar refractivity (Wildman–Crippen MR) is 81.5 cm³/mol. The largest absolute Gasteiger partial charge is 0.379 e. The maximum atomic E-state index is 12.5. The Kier molecular flexibility index (Phi) is 4.20. The lowest BCUT2D eigenvalue weighted by Crippen LogP contribution is -2.40. The predicted octanol–water partition coefficient (Wildman–Crippen LogP) is 0.0214. The third kappa shape index (κ3) is 3.28. The summed E-state index contributed by atoms with van der Waals surface area (Å²) in [7, 11) is -1.89. The lowest BCUT2D eigenvalue weighted by molar-refractivity contribution is 0.0730. The Balaban J connectivity index is 1.75. The second kappa shape index (κ2) is 6.14. The molecular weight excluding hydrogens is 322 g/mol. The zero-order valence-corrected chi connectivity index (χ0v) is 13.3. The number of carbonyl (C=O) groups excluding carboxylic acids is 1. The third-order valence-electron chi connectivity index (χ3n) is 3.46. The Hall–Kier alpha value is -2.17. The average Bonchev–Trinajstić information content (AvgIpc) is 3.18. The van der Waals surface area contributed by atoms with Crippen molar-refractivity contribution < 1.29 is 17.9 Å². The molecule has 0 aliphatic carbocycles. The number of hydrogen-bond donors (Lipinski definition) is 2. The fourth-order valence-corrected chi connectivity index (χ4v) is 3.66. The molecule has 2 aromatic heterocycles. The fourth-order valence-electron chi connectivity index (χ4n) is 2.26. The summed E-state index contributed by atoms with van der Waals surface area (Å²) in [6.45, 7) is 1.36. The van der Waals surface area contributed by atoms with Crippen molar-refractivity contribution in [3.8, 4) is 0 Å². The van der Waals surface area contributed by atoms with Crippen LogP contribution in [-0.4, -0.2) is 59.7 Å². The van der Waals surface area contributed by atoms with Gasteiger partial charge in [0, 0.05) is 38.6 Å². The van der Waals surface area contributed by atoms with E-state index in [-0.39, 0.29) is 10.6 Å². The zero-order valence-electron chi connectivity index (χ0n) is 12.5. The molecule has 0 bridgehead atoms. The molecule has 2 N–H and O–H groups in total. The van der Waals surface area contributed by atoms with E-state index < -0.39 is 15.9 Å². The number of ether oxygens (including phenoxy) is 1. The van der Waals surface area contributed by atoms with Gasteiger partial charge < -0.3 is 15.0 Å². The summed E-state index contributed by atoms with van der Waals surface area (Å²) in [4.78, 5) is 14.9. The minimum absolute atomic E-state index is 0.0607. The first-order valence-corrected chi connectivity index (χ1v) is 8.48. The Labute approximate surface area is 133 Å². The van der Waals surface area contributed by atoms with E-state index in [0.717, 1.165) is 0 Å². The monoisotopic (exact) mass is 339 g/mol. The smallest absolute Gasteiger partial charge is 0.273 e. The minimum Gasteiger partial charge on any atom is -0.379 e. The van der Waals surface area contributed by atoms with Crippen LogP contribution < -0.4 is 5.32 Å². The van der Waals surface area contributed by atoms with Crippen LogP contribution in [-0.2, 0) is 21.8 Å². The Morgan fingerprint density at radius 2 is 2.13 bits per heavy atom. The van der Waals surface area contributed by atoms with Gasteiger partial charge in [-0.2, -0.15) is 9.40 Å². The van der Waals surface area contributed by atoms with Crippen molar-refractivity contribution in [3.63, 3.8) is 0 Å². The molecule has 0 spiro atoms. The molecule has 10 heteroatoms. The van der Waals surface area contributed by atoms with Crippen LogP contribution >= 0.6 is 0 Å². The standard InChI is InChI=1S/C13H17N5O4S/c1-17-3-2-12(16-17)15-13(19)11-8-10(9-14-11)23(20,21)18-4-6-22-7-5-18/h2-3,8-9,14H,4-7H2,1H3,(H,15,16,19). The van der Waals surface area contributed by atoms with Crippen LogP contribution in [0.15, 0.2) is 29.4 Å². The number of sulfonamides is 1. The van der Waals surface area contributed by atoms with Gasteiger partial charge in [-0.25, -0.2) is 8.42 Å². The second-order valence-electron chi connectivity index (χ2n) is 5.09. The molecule has 0 atom stereocenters. The third-order valence-corrected chi connectivity index (χ3v) is 5.34. The van der Waals surface area contributed by atoms with Crippen molar-refractivity contribution in [2.45, 2.75) is 4.90 Å². The summed E-state index contributed by atoms with van der Waals surface area (Å²) < 4.78 is 33.0. The fraction of sp³-hybridized carbons (Fsp3) is 0.385. The molecule has 0 unspecified atom stereocenters. The second-order valence-corrected chi connectivity index (χ2v) is 7.03. The number of rotatable bonds is 4. The van der Waals surface area contributed by atoms with Crippen molar-refractivity contribution in [3.05, 3.63) is 30.2 Å². The number of carbonyl (C=O) groups is 1. The quantitative estimate of drug-likeness (QED) is 0.816. The summed E-state index contributed by atoms with van der Waals surface area (Å²) in [5, 5.41) is 6.63. The van der Waals surface area contributed by atoms with E-state index in [1.54, 1.807) is 24.0 Å². The molecule has 1 fully saturated rings. The SMILES string of the molecule is Cn1ccc(NC(=O)c2cc(S(=O)(=O)N3CCOCC3)c[nH]2)n1. The highest BCUT2D eigenvalue weighted by Gasteiger charge is 2.28. The van der Waals surface area contributed by atoms with E-state index >= 15 is 0 Å². The summed E-state index contributed by atoms with van der Waals surface area (Å²) in [6.07, 6.45) is 3.01. The van der Waals surface area contributed by atoms with Gasteiger partial charge in [-0.1, -0.05) is 0 Å². The van der Waals surface area contributed by atoms with Crippen molar-refractivity contribution >= 4 is 21.7 Å². The van der Waals surface area contributed by atoms with Gasteiger partial charge in [0.25, 0.3) is 5.91 Å². The van der Waals surface area contributed by atoms with Crippen LogP contribution in [0.3, 0.4) is 0 Å². The van der Waals surface area contributed by atoms with Crippen molar-refractivity contribution in [2.75, 3.05) is 31.6 Å². The average molecular weight is 339 g/mol. The van der Waals surface area contributed by atoms with E-state index in [1.807, 2.05) is 0 Å². The summed E-state index contributed by atoms with van der Waals surface area (Å²) in [6, 6.07) is 2.97. The molecule has 1 aliphatic rings. The van der Waals surface area contributed by atoms with Crippen LogP contribution in [0, 0.1) is 0 Å². The van der Waals surface area contributed by atoms with Crippen LogP contribution in [0.2, 0.25) is 0 Å². The van der Waals surface area contributed by atoms with Crippen LogP contribution in [0.4, 0.5) is 5.82 Å². The molecule has 3 rings (SSSR count). The van der Waals surface area contributed by atoms with Gasteiger partial charge >= 0.3 is 0 Å². The van der Waals surface area contributed by atoms with E-state index in [0.29, 0.717) is 32.1 Å². The van der Waals surface area contributed by atoms with Crippen molar-refractivity contribution in [1.29, 1.82) is 0 Å². The van der Waals surface area contributed by atoms with Gasteiger partial charge in [0.1, 0.15) is 10.6 Å². The Morgan fingerprint density at radius 1 is 1.39 bits per heavy atom. The van der Waals surface area contributed by atoms with Gasteiger partial charge in [0.05, 0.1) is 13.2 Å². The van der Waals surface area contributed by atoms with E-state index in [4.69, 9.17) is 4.74 Å². The lowest BCUT2D eigenvalue weighted by atomic mass is 10.4. The number of aromatic nitrogens is 3. The number of aromatic amines is 1. The molecule has 124 valence electrons. The molecule has 9 nitrogen and oxygen atoms in total. The molecule has 1 saturated heterocycles. The topological polar surface area (TPSA) is 109 Å². The van der Waals surface area contributed by atoms with Gasteiger partial charge in [-0.3, -0.25) is 9.48 Å². The number of H-pyrrole nitrogens is 1. The zero-order chi connectivity index (χ0) is 16.4. The first kappa shape index (κ1) is 15.7. The van der Waals surface area contributed by atoms with E-state index in [9.17, 15) is 13.2 Å². The highest BCUT2D eigenvalue weighted by Crippen LogP contribution is 2.18. The van der Waals surface area contributed by atoms with Crippen molar-refractivity contribution in [2.24, 2.45) is 7.05 Å². The molecule has 0 saturated carbocycles. The summed E-state index contributed by atoms with van der Waals surface area (Å²) in [5.41, 5.74) is 0.155. The van der Waals surface area contributed by atoms with E-state index in [1.165, 1.54) is 16.6 Å². The normalized spacial score (nSPS) is 16.4. The molecule has 0 radical (unpaired) electrons. The van der Waals surface area contributed by atoms with Gasteiger partial charge in [0.15, 0.2) is 5.82 Å². The van der Waals surface area contributed by atoms with Crippen LogP contribution in [0.25, 0.3) is 0 Å². The number of morpholine rings is 1. The summed E-state index contributed by atoms with van der Waals surface area (Å²) in [5.74, 6) is -0.0585. The maximum absolute atomic E-state index is 12.5. The molecule has 0 aromatic carbocycles. The molecular formula is C13H17N5O4S. The van der Waals surface area contributed by atoms with Crippen LogP contribution in [0.1, 0.15) is 10.5 Å². The molecule has 2 aromatic rings. The number of nitrogens with zero attached hydrogens (tertiary/aromatic N) is 3. The molecule has 3 heterocycles. The Bertz CT molecular complexity index is 804. The number of amides is 1. The van der Waals surface area contributed by atoms with Crippen molar-refractivity contribution in [1.82, 2.24) is 19.1 Å². The number of hydrogen-bond acceptors (Lipinski definition) is 5. The van der Waals surface area contributed by atoms with Gasteiger partial charge in [0.2, 0.25) is 10.0 Å². The number of aryl methyl sites for hydroxylation is 1. The minimum atomic E-state index is -3.62. The first-order valence-electron chi connectivity index (χ1n) is 7.04. The number of nitrogens with one attached hydrogen (secondary N) is 2. The maximum Gasteiger partial charge on any atom is 0.273 e. The van der Waals surface area contributed by atoms with Gasteiger partial charge in [-0.05, 0) is 6.07 Å². The Morgan fingerprint density at radius 3 is 2.78 bits per heavy atom. The molecule has 1 aliphatic heterocycles. The van der Waals surface area contributed by atoms with E-state index in [2.05, 4.69) is 15.4 Å². The van der Waals surface area contributed by atoms with Gasteiger partial charge in [-0.15, -0.1) is 0 Å². The first-order chi connectivity index (χ1) is 11.0. The summed E-state index contributed by atoms with van der Waals surface area (Å²) >= 11 is 0. The lowest BCUT2D eigenvalue weighted by Gasteiger charge is -2.25. The molecule has 1 amide bonds. The molecule has 23 heavy (non-hydrogen) atoms. The van der Waals surface area contributed by atoms with Crippen LogP contribution in [0.5, 0.6) is 0 Å². The highest BCUT2D eigenvalue weighted by atomic mass is 32.2. The number of anilines is 1. The highest BCUT2D eigenvalue weighted by molar-refractivity contribution is 7.89.